The fraction of sp³-hybridized carbons (Fsp3) is 0.846. The van der Waals surface area contributed by atoms with Gasteiger partial charge < -0.3 is 15.3 Å². The molecule has 3 heteroatoms. The Labute approximate surface area is 257 Å². The normalized spacial score (nSPS) is 41.5. The van der Waals surface area contributed by atoms with Crippen LogP contribution in [-0.4, -0.2) is 27.7 Å². The van der Waals surface area contributed by atoms with Gasteiger partial charge in [0.1, 0.15) is 0 Å². The quantitative estimate of drug-likeness (QED) is 0.179. The number of allylic oxidation sites excluding steroid dienone is 3. The van der Waals surface area contributed by atoms with Gasteiger partial charge in [-0.1, -0.05) is 72.5 Å². The van der Waals surface area contributed by atoms with E-state index in [9.17, 15) is 15.3 Å². The number of aliphatic hydroxyl groups excluding tert-OH is 2. The maximum absolute atomic E-state index is 11.8. The van der Waals surface area contributed by atoms with Crippen molar-refractivity contribution in [2.24, 2.45) is 71.0 Å². The first-order valence-corrected chi connectivity index (χ1v) is 18.3. The molecule has 0 saturated heterocycles. The highest BCUT2D eigenvalue weighted by Gasteiger charge is 2.58. The van der Waals surface area contributed by atoms with Crippen LogP contribution in [0.5, 0.6) is 0 Å². The molecular weight excluding hydrogens is 516 g/mol. The van der Waals surface area contributed by atoms with Crippen molar-refractivity contribution in [3.63, 3.8) is 0 Å². The second-order valence-corrected chi connectivity index (χ2v) is 16.8. The highest BCUT2D eigenvalue weighted by Crippen LogP contribution is 2.64. The van der Waals surface area contributed by atoms with E-state index in [0.29, 0.717) is 23.7 Å². The second kappa shape index (κ2) is 12.8. The average molecular weight is 579 g/mol. The van der Waals surface area contributed by atoms with Gasteiger partial charge in [-0.2, -0.15) is 0 Å². The molecule has 6 rings (SSSR count). The highest BCUT2D eigenvalue weighted by atomic mass is 16.5. The van der Waals surface area contributed by atoms with E-state index in [0.717, 1.165) is 90.6 Å². The predicted molar refractivity (Wildman–Crippen MR) is 172 cm³/mol. The molecule has 42 heavy (non-hydrogen) atoms. The molecule has 0 amide bonds. The molecule has 0 aromatic carbocycles. The van der Waals surface area contributed by atoms with Crippen molar-refractivity contribution < 1.29 is 15.3 Å². The molecule has 11 atom stereocenters. The van der Waals surface area contributed by atoms with Crippen LogP contribution in [0.1, 0.15) is 124 Å². The van der Waals surface area contributed by atoms with Crippen LogP contribution >= 0.6 is 0 Å². The molecule has 6 aliphatic carbocycles. The fourth-order valence-electron chi connectivity index (χ4n) is 11.1. The van der Waals surface area contributed by atoms with Crippen molar-refractivity contribution in [3.05, 3.63) is 34.9 Å². The lowest BCUT2D eigenvalue weighted by Crippen LogP contribution is -2.29. The zero-order valence-corrected chi connectivity index (χ0v) is 27.3. The summed E-state index contributed by atoms with van der Waals surface area (Å²) in [6.45, 7) is 14.1. The van der Waals surface area contributed by atoms with Gasteiger partial charge in [-0.05, 0) is 158 Å². The molecule has 0 radical (unpaired) electrons. The van der Waals surface area contributed by atoms with Crippen molar-refractivity contribution in [3.8, 4) is 0 Å². The van der Waals surface area contributed by atoms with Crippen molar-refractivity contribution in [2.75, 3.05) is 0 Å². The van der Waals surface area contributed by atoms with Crippen LogP contribution in [-0.2, 0) is 0 Å². The standard InChI is InChI=1S/C39H62O3/c1-22(2)15-35-37(26-9-7-6-8-10-26)38(35)31-14-13-28(33-16-23(3)17-34(33)39(41)42)19-30(31)21-36(40)25(5)27-12-11-24(4)32-20-29(32)18-27/h13,22-24,26-27,29-32,35-42H,5-12,14-21H2,1-4H3/t23?,24-,27?,29?,30?,31?,32?,35?,36?,37?,38?/m0/s1. The first-order valence-electron chi connectivity index (χ1n) is 18.3. The molecule has 0 bridgehead atoms. The third kappa shape index (κ3) is 6.55. The van der Waals surface area contributed by atoms with Gasteiger partial charge in [-0.25, -0.2) is 0 Å². The minimum Gasteiger partial charge on any atom is -0.389 e. The monoisotopic (exact) mass is 578 g/mol. The first kappa shape index (κ1) is 31.1. The Bertz CT molecular complexity index is 1030. The van der Waals surface area contributed by atoms with E-state index in [2.05, 4.69) is 40.3 Å². The number of hydrogen-bond acceptors (Lipinski definition) is 3. The van der Waals surface area contributed by atoms with E-state index in [1.54, 1.807) is 0 Å². The van der Waals surface area contributed by atoms with Gasteiger partial charge in [0.25, 0.3) is 0 Å². The molecule has 4 fully saturated rings. The van der Waals surface area contributed by atoms with E-state index in [1.165, 1.54) is 75.4 Å². The molecule has 4 saturated carbocycles. The zero-order chi connectivity index (χ0) is 29.7. The Hall–Kier alpha value is -0.900. The Morgan fingerprint density at radius 3 is 2.33 bits per heavy atom. The van der Waals surface area contributed by atoms with Crippen LogP contribution in [0.4, 0.5) is 0 Å². The molecule has 236 valence electrons. The lowest BCUT2D eigenvalue weighted by Gasteiger charge is -2.36. The molecule has 0 aromatic heterocycles. The van der Waals surface area contributed by atoms with Gasteiger partial charge in [0.15, 0.2) is 6.29 Å². The molecule has 3 nitrogen and oxygen atoms in total. The number of hydrogen-bond donors (Lipinski definition) is 3. The summed E-state index contributed by atoms with van der Waals surface area (Å²) in [7, 11) is 0. The molecule has 6 aliphatic rings. The summed E-state index contributed by atoms with van der Waals surface area (Å²) in [6, 6.07) is 0. The minimum atomic E-state index is -1.34. The van der Waals surface area contributed by atoms with E-state index >= 15 is 0 Å². The van der Waals surface area contributed by atoms with Crippen LogP contribution in [0, 0.1) is 71.0 Å². The van der Waals surface area contributed by atoms with Crippen LogP contribution in [0.15, 0.2) is 34.9 Å². The molecule has 0 aliphatic heterocycles. The number of rotatable bonds is 10. The maximum Gasteiger partial charge on any atom is 0.174 e. The lowest BCUT2D eigenvalue weighted by atomic mass is 9.70. The van der Waals surface area contributed by atoms with Gasteiger partial charge >= 0.3 is 0 Å². The smallest absolute Gasteiger partial charge is 0.174 e. The summed E-state index contributed by atoms with van der Waals surface area (Å²) in [5.74, 6) is 8.85. The summed E-state index contributed by atoms with van der Waals surface area (Å²) in [5.41, 5.74) is 4.57. The Morgan fingerprint density at radius 2 is 1.62 bits per heavy atom. The fourth-order valence-corrected chi connectivity index (χ4v) is 11.1. The van der Waals surface area contributed by atoms with Crippen molar-refractivity contribution in [2.45, 2.75) is 136 Å². The molecule has 10 unspecified atom stereocenters. The molecule has 3 N–H and O–H groups in total. The average Bonchev–Trinajstić information content (AvgIpc) is 3.85. The second-order valence-electron chi connectivity index (χ2n) is 16.8. The third-order valence-electron chi connectivity index (χ3n) is 13.4. The van der Waals surface area contributed by atoms with Gasteiger partial charge in [0, 0.05) is 0 Å². The maximum atomic E-state index is 11.8. The summed E-state index contributed by atoms with van der Waals surface area (Å²) in [5, 5.41) is 32.3. The van der Waals surface area contributed by atoms with Crippen molar-refractivity contribution in [1.82, 2.24) is 0 Å². The third-order valence-corrected chi connectivity index (χ3v) is 13.4. The molecule has 0 heterocycles. The predicted octanol–water partition coefficient (Wildman–Crippen LogP) is 8.84. The van der Waals surface area contributed by atoms with E-state index < -0.39 is 12.4 Å². The first-order chi connectivity index (χ1) is 20.1. The Morgan fingerprint density at radius 1 is 0.857 bits per heavy atom. The van der Waals surface area contributed by atoms with Crippen LogP contribution in [0.2, 0.25) is 0 Å². The summed E-state index contributed by atoms with van der Waals surface area (Å²) < 4.78 is 0. The highest BCUT2D eigenvalue weighted by molar-refractivity contribution is 5.41. The molecule has 0 spiro atoms. The van der Waals surface area contributed by atoms with Crippen LogP contribution in [0.3, 0.4) is 0 Å². The Kier molecular flexibility index (Phi) is 9.51. The van der Waals surface area contributed by atoms with Crippen molar-refractivity contribution >= 4 is 0 Å². The minimum absolute atomic E-state index is 0.415. The summed E-state index contributed by atoms with van der Waals surface area (Å²) in [4.78, 5) is 0. The topological polar surface area (TPSA) is 60.7 Å². The molecule has 0 aromatic rings. The van der Waals surface area contributed by atoms with Crippen molar-refractivity contribution in [1.29, 1.82) is 0 Å². The number of fused-ring (bicyclic) bond motifs is 1. The zero-order valence-electron chi connectivity index (χ0n) is 27.3. The van der Waals surface area contributed by atoms with Gasteiger partial charge in [-0.15, -0.1) is 0 Å². The largest absolute Gasteiger partial charge is 0.389 e. The summed E-state index contributed by atoms with van der Waals surface area (Å²) in [6.07, 6.45) is 19.0. The van der Waals surface area contributed by atoms with E-state index in [4.69, 9.17) is 0 Å². The lowest BCUT2D eigenvalue weighted by molar-refractivity contribution is -0.0105. The van der Waals surface area contributed by atoms with Gasteiger partial charge in [-0.3, -0.25) is 0 Å². The summed E-state index contributed by atoms with van der Waals surface area (Å²) >= 11 is 0. The van der Waals surface area contributed by atoms with Gasteiger partial charge in [0.2, 0.25) is 0 Å². The van der Waals surface area contributed by atoms with Crippen LogP contribution < -0.4 is 0 Å². The van der Waals surface area contributed by atoms with Gasteiger partial charge in [0.05, 0.1) is 6.10 Å². The van der Waals surface area contributed by atoms with E-state index in [-0.39, 0.29) is 0 Å². The van der Waals surface area contributed by atoms with Crippen LogP contribution in [0.25, 0.3) is 0 Å². The molecular formula is C39H62O3. The van der Waals surface area contributed by atoms with E-state index in [1.807, 2.05) is 0 Å². The SMILES string of the molecule is C=C(C(O)CC1CC(C2=C(C(O)O)CC(C)C2)=CCC1C1C(CC(C)C)C1C1CCCCC1)C1CC[C@H](C)C2CC2C1. The number of aliphatic hydroxyl groups is 3. The Balaban J connectivity index is 1.23.